The first-order valence-corrected chi connectivity index (χ1v) is 22.9. The van der Waals surface area contributed by atoms with E-state index < -0.39 is 0 Å². The molecule has 0 bridgehead atoms. The molecule has 6 aromatic rings. The third kappa shape index (κ3) is 12.3. The number of unbranched alkanes of at least 4 members (excludes halogenated alkanes) is 1. The Balaban J connectivity index is 0.671. The number of hydrogen-bond donors (Lipinski definition) is 5. The molecule has 2 saturated heterocycles. The summed E-state index contributed by atoms with van der Waals surface area (Å²) < 4.78 is 13.0. The molecule has 1 aromatic carbocycles. The van der Waals surface area contributed by atoms with Crippen molar-refractivity contribution in [2.75, 3.05) is 114 Å². The molecule has 67 heavy (non-hydrogen) atoms. The lowest BCUT2D eigenvalue weighted by Crippen LogP contribution is -2.49. The van der Waals surface area contributed by atoms with Gasteiger partial charge < -0.3 is 51.3 Å². The number of nitrogens with two attached hydrogens (primary N) is 2. The van der Waals surface area contributed by atoms with E-state index in [-0.39, 0.29) is 24.1 Å². The minimum absolute atomic E-state index is 0.0762. The Morgan fingerprint density at radius 3 is 2.22 bits per heavy atom. The number of ether oxygens (including phenoxy) is 2. The number of aromatic nitrogens is 9. The van der Waals surface area contributed by atoms with Crippen LogP contribution in [0.15, 0.2) is 61.6 Å². The van der Waals surface area contributed by atoms with Crippen molar-refractivity contribution >= 4 is 57.4 Å². The molecule has 2 fully saturated rings. The summed E-state index contributed by atoms with van der Waals surface area (Å²) >= 11 is 0. The van der Waals surface area contributed by atoms with E-state index in [1.54, 1.807) is 24.8 Å². The Hall–Kier alpha value is -6.88. The van der Waals surface area contributed by atoms with Crippen LogP contribution in [0, 0.1) is 0 Å². The Kier molecular flexibility index (Phi) is 16.0. The summed E-state index contributed by atoms with van der Waals surface area (Å²) in [7, 11) is 0. The van der Waals surface area contributed by atoms with E-state index >= 15 is 0 Å². The second-order valence-corrected chi connectivity index (χ2v) is 16.4. The van der Waals surface area contributed by atoms with E-state index in [0.717, 1.165) is 78.7 Å². The zero-order valence-corrected chi connectivity index (χ0v) is 37.7. The summed E-state index contributed by atoms with van der Waals surface area (Å²) in [4.78, 5) is 76.1. The number of H-pyrrole nitrogens is 1. The molecule has 22 heteroatoms. The molecule has 0 radical (unpaired) electrons. The molecule has 0 unspecified atom stereocenters. The molecule has 0 aliphatic carbocycles. The van der Waals surface area contributed by atoms with Gasteiger partial charge in [0.15, 0.2) is 5.65 Å². The van der Waals surface area contributed by atoms with Crippen LogP contribution < -0.4 is 31.9 Å². The topological polar surface area (TPSA) is 270 Å². The highest BCUT2D eigenvalue weighted by Gasteiger charge is 2.24. The number of nitrogens with one attached hydrogen (secondary N) is 3. The molecule has 0 saturated carbocycles. The van der Waals surface area contributed by atoms with Crippen molar-refractivity contribution < 1.29 is 23.9 Å². The maximum absolute atomic E-state index is 12.9. The van der Waals surface area contributed by atoms with Crippen molar-refractivity contribution in [2.24, 2.45) is 5.73 Å². The summed E-state index contributed by atoms with van der Waals surface area (Å²) in [6.07, 6.45) is 12.0. The molecule has 2 aliphatic rings. The summed E-state index contributed by atoms with van der Waals surface area (Å²) in [5.41, 5.74) is 16.3. The van der Waals surface area contributed by atoms with Gasteiger partial charge in [0.05, 0.1) is 43.8 Å². The number of nitrogen functional groups attached to an aromatic ring is 1. The second kappa shape index (κ2) is 23.0. The summed E-state index contributed by atoms with van der Waals surface area (Å²) in [5, 5.41) is 12.5. The van der Waals surface area contributed by atoms with E-state index in [9.17, 15) is 14.4 Å². The van der Waals surface area contributed by atoms with Gasteiger partial charge >= 0.3 is 0 Å². The van der Waals surface area contributed by atoms with Gasteiger partial charge in [0, 0.05) is 145 Å². The van der Waals surface area contributed by atoms with Crippen molar-refractivity contribution in [3.63, 3.8) is 0 Å². The standard InChI is InChI=1S/C45H59N17O5/c46-8-23-66-21-6-37(63)50-26-32-27-51-44(52-28-32)61-18-16-59(17-19-61)38(64)7-22-67-24-20-58-12-14-60(15-13-58)45-53-29-35(30-54-45)43(65)49-9-1-2-11-62-42-39(41(47)55-31-56-42)40(57-62)34-3-4-36-33(25-34)5-10-48-36/h3-5,10,25,27-31,48H,1-2,6-9,11-24,26,46H2,(H,49,65)(H,50,63)(H2,47,55,56). The molecule has 0 atom stereocenters. The van der Waals surface area contributed by atoms with Crippen LogP contribution in [0.4, 0.5) is 17.7 Å². The van der Waals surface area contributed by atoms with Crippen LogP contribution in [0.5, 0.6) is 0 Å². The van der Waals surface area contributed by atoms with Gasteiger partial charge in [0.2, 0.25) is 23.7 Å². The molecule has 22 nitrogen and oxygen atoms in total. The molecule has 0 spiro atoms. The number of benzene rings is 1. The van der Waals surface area contributed by atoms with E-state index in [1.807, 2.05) is 34.0 Å². The minimum atomic E-state index is -0.219. The van der Waals surface area contributed by atoms with Crippen LogP contribution in [0.3, 0.4) is 0 Å². The molecule has 2 aliphatic heterocycles. The number of piperazine rings is 2. The number of aryl methyl sites for hydroxylation is 1. The number of carbonyl (C=O) groups is 3. The Morgan fingerprint density at radius 2 is 1.46 bits per heavy atom. The molecular formula is C45H59N17O5. The van der Waals surface area contributed by atoms with E-state index in [0.29, 0.717) is 114 Å². The van der Waals surface area contributed by atoms with E-state index in [2.05, 4.69) is 66.3 Å². The number of aromatic amines is 1. The van der Waals surface area contributed by atoms with Gasteiger partial charge in [-0.2, -0.15) is 5.10 Å². The normalized spacial score (nSPS) is 14.6. The second-order valence-electron chi connectivity index (χ2n) is 16.4. The molecule has 3 amide bonds. The molecule has 7 heterocycles. The molecule has 5 aromatic heterocycles. The van der Waals surface area contributed by atoms with Gasteiger partial charge in [-0.25, -0.2) is 34.6 Å². The number of hydrogen-bond acceptors (Lipinski definition) is 17. The maximum atomic E-state index is 12.9. The molecule has 7 N–H and O–H groups in total. The number of rotatable bonds is 22. The zero-order valence-electron chi connectivity index (χ0n) is 37.7. The predicted octanol–water partition coefficient (Wildman–Crippen LogP) is 1.21. The Morgan fingerprint density at radius 1 is 0.746 bits per heavy atom. The van der Waals surface area contributed by atoms with Gasteiger partial charge in [-0.1, -0.05) is 6.07 Å². The summed E-state index contributed by atoms with van der Waals surface area (Å²) in [6.45, 7) is 9.92. The lowest BCUT2D eigenvalue weighted by Gasteiger charge is -2.35. The fourth-order valence-corrected chi connectivity index (χ4v) is 8.06. The monoisotopic (exact) mass is 917 g/mol. The van der Waals surface area contributed by atoms with Crippen LogP contribution in [-0.4, -0.2) is 171 Å². The summed E-state index contributed by atoms with van der Waals surface area (Å²) in [6, 6.07) is 8.13. The van der Waals surface area contributed by atoms with Crippen molar-refractivity contribution in [2.45, 2.75) is 38.8 Å². The van der Waals surface area contributed by atoms with Gasteiger partial charge in [0.1, 0.15) is 17.8 Å². The first-order chi connectivity index (χ1) is 32.8. The van der Waals surface area contributed by atoms with Crippen LogP contribution in [0.1, 0.15) is 41.6 Å². The van der Waals surface area contributed by atoms with Crippen LogP contribution in [-0.2, 0) is 32.2 Å². The minimum Gasteiger partial charge on any atom is -0.383 e. The number of carbonyl (C=O) groups excluding carboxylic acids is 3. The highest BCUT2D eigenvalue weighted by Crippen LogP contribution is 2.32. The number of fused-ring (bicyclic) bond motifs is 2. The first kappa shape index (κ1) is 46.6. The van der Waals surface area contributed by atoms with E-state index in [4.69, 9.17) is 26.0 Å². The van der Waals surface area contributed by atoms with Crippen molar-refractivity contribution in [1.82, 2.24) is 65.1 Å². The number of anilines is 3. The largest absolute Gasteiger partial charge is 0.383 e. The predicted molar refractivity (Wildman–Crippen MR) is 252 cm³/mol. The highest BCUT2D eigenvalue weighted by molar-refractivity contribution is 6.00. The number of nitrogens with zero attached hydrogens (tertiary/aromatic N) is 12. The van der Waals surface area contributed by atoms with Gasteiger partial charge in [0.25, 0.3) is 5.91 Å². The summed E-state index contributed by atoms with van der Waals surface area (Å²) in [5.74, 6) is 1.34. The van der Waals surface area contributed by atoms with Gasteiger partial charge in [-0.3, -0.25) is 19.3 Å². The van der Waals surface area contributed by atoms with Crippen molar-refractivity contribution in [3.05, 3.63) is 72.7 Å². The van der Waals surface area contributed by atoms with Crippen LogP contribution in [0.2, 0.25) is 0 Å². The first-order valence-electron chi connectivity index (χ1n) is 22.9. The van der Waals surface area contributed by atoms with Crippen molar-refractivity contribution in [3.8, 4) is 11.3 Å². The Labute approximate surface area is 387 Å². The maximum Gasteiger partial charge on any atom is 0.254 e. The third-order valence-corrected chi connectivity index (χ3v) is 11.9. The van der Waals surface area contributed by atoms with Gasteiger partial charge in [-0.15, -0.1) is 0 Å². The third-order valence-electron chi connectivity index (χ3n) is 11.9. The lowest BCUT2D eigenvalue weighted by atomic mass is 10.1. The number of amides is 3. The molecule has 8 rings (SSSR count). The fourth-order valence-electron chi connectivity index (χ4n) is 8.06. The highest BCUT2D eigenvalue weighted by atomic mass is 16.5. The average molecular weight is 918 g/mol. The average Bonchev–Trinajstić information content (AvgIpc) is 4.00. The van der Waals surface area contributed by atoms with Gasteiger partial charge in [-0.05, 0) is 31.0 Å². The van der Waals surface area contributed by atoms with Crippen LogP contribution in [0.25, 0.3) is 33.2 Å². The van der Waals surface area contributed by atoms with Crippen LogP contribution >= 0.6 is 0 Å². The zero-order chi connectivity index (χ0) is 46.4. The fraction of sp³-hybridized carbons (Fsp3) is 0.467. The quantitative estimate of drug-likeness (QED) is 0.0599. The molecular weight excluding hydrogens is 859 g/mol. The molecule has 354 valence electrons. The van der Waals surface area contributed by atoms with E-state index in [1.165, 1.54) is 6.33 Å². The Bertz CT molecular complexity index is 2550. The lowest BCUT2D eigenvalue weighted by molar-refractivity contribution is -0.132. The van der Waals surface area contributed by atoms with Crippen molar-refractivity contribution in [1.29, 1.82) is 0 Å². The smallest absolute Gasteiger partial charge is 0.254 e. The SMILES string of the molecule is NCCOCCC(=O)NCc1cnc(N2CCN(C(=O)CCOCCN3CCN(c4ncc(C(=O)NCCCCn5nc(-c6ccc7[nH]ccc7c6)c6c(N)ncnc65)cn4)CC3)CC2)nc1.